The minimum Gasteiger partial charge on any atom is -0.489 e. The first-order valence-corrected chi connectivity index (χ1v) is 5.95. The molecular formula is C13H10FIO. The number of benzene rings is 2. The van der Waals surface area contributed by atoms with Crippen LogP contribution in [0.2, 0.25) is 0 Å². The van der Waals surface area contributed by atoms with Crippen molar-refractivity contribution in [2.24, 2.45) is 0 Å². The van der Waals surface area contributed by atoms with E-state index in [1.807, 2.05) is 24.3 Å². The molecule has 2 rings (SSSR count). The zero-order valence-electron chi connectivity index (χ0n) is 8.49. The average Bonchev–Trinajstić information content (AvgIpc) is 2.28. The number of hydrogen-bond acceptors (Lipinski definition) is 1. The van der Waals surface area contributed by atoms with Crippen LogP contribution < -0.4 is 4.74 Å². The van der Waals surface area contributed by atoms with E-state index in [0.29, 0.717) is 6.61 Å². The molecule has 0 spiro atoms. The number of rotatable bonds is 3. The van der Waals surface area contributed by atoms with Crippen LogP contribution >= 0.6 is 22.6 Å². The van der Waals surface area contributed by atoms with Gasteiger partial charge in [0.15, 0.2) is 0 Å². The molecule has 1 nitrogen and oxygen atoms in total. The van der Waals surface area contributed by atoms with Crippen molar-refractivity contribution < 1.29 is 9.13 Å². The van der Waals surface area contributed by atoms with Gasteiger partial charge in [-0.25, -0.2) is 4.39 Å². The van der Waals surface area contributed by atoms with Crippen molar-refractivity contribution in [2.45, 2.75) is 6.61 Å². The fourth-order valence-corrected chi connectivity index (χ4v) is 1.82. The maximum atomic E-state index is 12.7. The lowest BCUT2D eigenvalue weighted by molar-refractivity contribution is 0.306. The van der Waals surface area contributed by atoms with Crippen molar-refractivity contribution in [1.29, 1.82) is 0 Å². The van der Waals surface area contributed by atoms with Crippen molar-refractivity contribution in [2.75, 3.05) is 0 Å². The van der Waals surface area contributed by atoms with Crippen LogP contribution in [0.15, 0.2) is 48.5 Å². The lowest BCUT2D eigenvalue weighted by atomic mass is 10.2. The van der Waals surface area contributed by atoms with E-state index in [2.05, 4.69) is 22.6 Å². The molecular weight excluding hydrogens is 318 g/mol. The third-order valence-electron chi connectivity index (χ3n) is 2.11. The normalized spacial score (nSPS) is 10.1. The van der Waals surface area contributed by atoms with Crippen LogP contribution in [0, 0.1) is 9.39 Å². The van der Waals surface area contributed by atoms with E-state index in [0.717, 1.165) is 14.9 Å². The quantitative estimate of drug-likeness (QED) is 0.774. The molecule has 0 heterocycles. The molecule has 2 aromatic carbocycles. The first kappa shape index (κ1) is 11.4. The van der Waals surface area contributed by atoms with E-state index in [1.54, 1.807) is 12.1 Å². The van der Waals surface area contributed by atoms with Crippen LogP contribution in [0.3, 0.4) is 0 Å². The molecule has 0 bridgehead atoms. The Balaban J connectivity index is 1.99. The molecule has 0 unspecified atom stereocenters. The van der Waals surface area contributed by atoms with Crippen molar-refractivity contribution in [1.82, 2.24) is 0 Å². The number of hydrogen-bond donors (Lipinski definition) is 0. The Morgan fingerprint density at radius 2 is 1.81 bits per heavy atom. The van der Waals surface area contributed by atoms with Gasteiger partial charge in [-0.05, 0) is 58.5 Å². The predicted molar refractivity (Wildman–Crippen MR) is 69.9 cm³/mol. The molecule has 0 atom stereocenters. The highest BCUT2D eigenvalue weighted by molar-refractivity contribution is 14.1. The van der Waals surface area contributed by atoms with Crippen LogP contribution in [0.1, 0.15) is 5.56 Å². The fraction of sp³-hybridized carbons (Fsp3) is 0.0769. The molecule has 0 saturated carbocycles. The van der Waals surface area contributed by atoms with Crippen LogP contribution in [0.25, 0.3) is 0 Å². The van der Waals surface area contributed by atoms with Crippen LogP contribution in [-0.2, 0) is 6.61 Å². The lowest BCUT2D eigenvalue weighted by Crippen LogP contribution is -1.95. The SMILES string of the molecule is Fc1ccc(COc2cccc(I)c2)cc1. The second-order valence-electron chi connectivity index (χ2n) is 3.37. The molecule has 16 heavy (non-hydrogen) atoms. The van der Waals surface area contributed by atoms with Crippen LogP contribution in [-0.4, -0.2) is 0 Å². The third-order valence-corrected chi connectivity index (χ3v) is 2.79. The largest absolute Gasteiger partial charge is 0.489 e. The average molecular weight is 328 g/mol. The molecule has 0 fully saturated rings. The van der Waals surface area contributed by atoms with Gasteiger partial charge >= 0.3 is 0 Å². The Kier molecular flexibility index (Phi) is 3.77. The van der Waals surface area contributed by atoms with Crippen LogP contribution in [0.4, 0.5) is 4.39 Å². The first-order chi connectivity index (χ1) is 7.74. The summed E-state index contributed by atoms with van der Waals surface area (Å²) in [4.78, 5) is 0. The molecule has 0 aromatic heterocycles. The monoisotopic (exact) mass is 328 g/mol. The summed E-state index contributed by atoms with van der Waals surface area (Å²) in [6.45, 7) is 0.459. The molecule has 0 N–H and O–H groups in total. The summed E-state index contributed by atoms with van der Waals surface area (Å²) in [5.41, 5.74) is 0.959. The molecule has 0 aliphatic rings. The van der Waals surface area contributed by atoms with Gasteiger partial charge in [0.1, 0.15) is 18.2 Å². The highest BCUT2D eigenvalue weighted by Crippen LogP contribution is 2.16. The second kappa shape index (κ2) is 5.30. The third kappa shape index (κ3) is 3.20. The fourth-order valence-electron chi connectivity index (χ4n) is 1.30. The van der Waals surface area contributed by atoms with Crippen molar-refractivity contribution >= 4 is 22.6 Å². The molecule has 0 aliphatic heterocycles. The van der Waals surface area contributed by atoms with Crippen LogP contribution in [0.5, 0.6) is 5.75 Å². The van der Waals surface area contributed by atoms with Gasteiger partial charge in [-0.3, -0.25) is 0 Å². The lowest BCUT2D eigenvalue weighted by Gasteiger charge is -2.06. The summed E-state index contributed by atoms with van der Waals surface area (Å²) < 4.78 is 19.4. The van der Waals surface area contributed by atoms with E-state index < -0.39 is 0 Å². The van der Waals surface area contributed by atoms with E-state index in [9.17, 15) is 4.39 Å². The maximum absolute atomic E-state index is 12.7. The minimum atomic E-state index is -0.224. The summed E-state index contributed by atoms with van der Waals surface area (Å²) in [5, 5.41) is 0. The summed E-state index contributed by atoms with van der Waals surface area (Å²) >= 11 is 2.23. The van der Waals surface area contributed by atoms with Gasteiger partial charge in [-0.2, -0.15) is 0 Å². The minimum absolute atomic E-state index is 0.224. The molecule has 3 heteroatoms. The highest BCUT2D eigenvalue weighted by Gasteiger charge is 1.97. The van der Waals surface area contributed by atoms with Gasteiger partial charge in [0, 0.05) is 3.57 Å². The maximum Gasteiger partial charge on any atom is 0.123 e. The number of halogens is 2. The first-order valence-electron chi connectivity index (χ1n) is 4.87. The smallest absolute Gasteiger partial charge is 0.123 e. The van der Waals surface area contributed by atoms with Crippen molar-refractivity contribution in [3.63, 3.8) is 0 Å². The zero-order chi connectivity index (χ0) is 11.4. The standard InChI is InChI=1S/C13H10FIO/c14-11-6-4-10(5-7-11)9-16-13-3-1-2-12(15)8-13/h1-8H,9H2. The molecule has 0 saturated heterocycles. The topological polar surface area (TPSA) is 9.23 Å². The Morgan fingerprint density at radius 3 is 2.50 bits per heavy atom. The molecule has 0 aliphatic carbocycles. The van der Waals surface area contributed by atoms with E-state index >= 15 is 0 Å². The van der Waals surface area contributed by atoms with Gasteiger partial charge in [0.2, 0.25) is 0 Å². The van der Waals surface area contributed by atoms with Crippen molar-refractivity contribution in [3.05, 3.63) is 63.5 Å². The molecule has 0 amide bonds. The number of ether oxygens (including phenoxy) is 1. The summed E-state index contributed by atoms with van der Waals surface area (Å²) in [6.07, 6.45) is 0. The summed E-state index contributed by atoms with van der Waals surface area (Å²) in [6, 6.07) is 14.1. The van der Waals surface area contributed by atoms with Gasteiger partial charge in [0.05, 0.1) is 0 Å². The molecule has 0 radical (unpaired) electrons. The summed E-state index contributed by atoms with van der Waals surface area (Å²) in [7, 11) is 0. The Labute approximate surface area is 107 Å². The molecule has 82 valence electrons. The van der Waals surface area contributed by atoms with Gasteiger partial charge < -0.3 is 4.74 Å². The van der Waals surface area contributed by atoms with Crippen molar-refractivity contribution in [3.8, 4) is 5.75 Å². The zero-order valence-corrected chi connectivity index (χ0v) is 10.6. The summed E-state index contributed by atoms with van der Waals surface area (Å²) in [5.74, 6) is 0.606. The van der Waals surface area contributed by atoms with Gasteiger partial charge in [-0.1, -0.05) is 18.2 Å². The van der Waals surface area contributed by atoms with E-state index in [-0.39, 0.29) is 5.82 Å². The Morgan fingerprint density at radius 1 is 1.06 bits per heavy atom. The predicted octanol–water partition coefficient (Wildman–Crippen LogP) is 4.01. The van der Waals surface area contributed by atoms with Gasteiger partial charge in [-0.15, -0.1) is 0 Å². The Hall–Kier alpha value is -1.10. The van der Waals surface area contributed by atoms with Gasteiger partial charge in [0.25, 0.3) is 0 Å². The Bertz CT molecular complexity index is 468. The van der Waals surface area contributed by atoms with E-state index in [1.165, 1.54) is 12.1 Å². The van der Waals surface area contributed by atoms with E-state index in [4.69, 9.17) is 4.74 Å². The highest BCUT2D eigenvalue weighted by atomic mass is 127. The second-order valence-corrected chi connectivity index (χ2v) is 4.62. The molecule has 2 aromatic rings.